The lowest BCUT2D eigenvalue weighted by Gasteiger charge is -2.31. The molecule has 6 nitrogen and oxygen atoms in total. The van der Waals surface area contributed by atoms with E-state index in [2.05, 4.69) is 15.3 Å². The van der Waals surface area contributed by atoms with Gasteiger partial charge in [0.1, 0.15) is 11.3 Å². The van der Waals surface area contributed by atoms with Gasteiger partial charge in [-0.05, 0) is 25.0 Å². The van der Waals surface area contributed by atoms with Gasteiger partial charge in [0.05, 0.1) is 5.56 Å². The molecule has 1 amide bonds. The Morgan fingerprint density at radius 1 is 1.16 bits per heavy atom. The van der Waals surface area contributed by atoms with Gasteiger partial charge in [-0.2, -0.15) is 9.61 Å². The summed E-state index contributed by atoms with van der Waals surface area (Å²) in [6.45, 7) is 0.782. The molecule has 0 radical (unpaired) electrons. The number of nitrogens with zero attached hydrogens (tertiary/aromatic N) is 5. The molecule has 25 heavy (non-hydrogen) atoms. The van der Waals surface area contributed by atoms with Crippen LogP contribution in [-0.4, -0.2) is 43.7 Å². The monoisotopic (exact) mass is 367 g/mol. The molecular formula is C15H12F3N5OS. The molecule has 4 rings (SSSR count). The molecule has 1 saturated heterocycles. The molecule has 2 aromatic heterocycles. The maximum absolute atomic E-state index is 13.8. The highest BCUT2D eigenvalue weighted by molar-refractivity contribution is 7.16. The second kappa shape index (κ2) is 6.10. The Hall–Kier alpha value is -2.49. The average molecular weight is 367 g/mol. The molecule has 0 aliphatic carbocycles. The normalized spacial score (nSPS) is 15.9. The zero-order valence-electron chi connectivity index (χ0n) is 12.8. The first kappa shape index (κ1) is 16.0. The van der Waals surface area contributed by atoms with Crippen LogP contribution >= 0.6 is 11.3 Å². The first-order valence-electron chi connectivity index (χ1n) is 7.64. The van der Waals surface area contributed by atoms with Crippen molar-refractivity contribution in [1.82, 2.24) is 24.7 Å². The van der Waals surface area contributed by atoms with E-state index in [-0.39, 0.29) is 5.92 Å². The Kier molecular flexibility index (Phi) is 3.91. The number of likely N-dealkylation sites (tertiary alicyclic amines) is 1. The van der Waals surface area contributed by atoms with Gasteiger partial charge >= 0.3 is 0 Å². The van der Waals surface area contributed by atoms with Crippen LogP contribution < -0.4 is 0 Å². The first-order valence-corrected chi connectivity index (χ1v) is 8.45. The van der Waals surface area contributed by atoms with Gasteiger partial charge in [0, 0.05) is 19.0 Å². The molecule has 3 heterocycles. The van der Waals surface area contributed by atoms with Gasteiger partial charge in [0.2, 0.25) is 4.96 Å². The molecule has 0 spiro atoms. The van der Waals surface area contributed by atoms with Crippen molar-refractivity contribution in [3.8, 4) is 0 Å². The molecule has 0 bridgehead atoms. The van der Waals surface area contributed by atoms with Crippen molar-refractivity contribution in [2.75, 3.05) is 13.1 Å². The predicted octanol–water partition coefficient (Wildman–Crippen LogP) is 2.62. The Morgan fingerprint density at radius 3 is 2.64 bits per heavy atom. The number of carbonyl (C=O) groups excluding carboxylic acids is 1. The molecule has 1 aliphatic rings. The zero-order valence-corrected chi connectivity index (χ0v) is 13.6. The largest absolute Gasteiger partial charge is 0.339 e. The quantitative estimate of drug-likeness (QED) is 0.653. The van der Waals surface area contributed by atoms with E-state index in [1.165, 1.54) is 22.6 Å². The van der Waals surface area contributed by atoms with E-state index in [1.807, 2.05) is 0 Å². The minimum atomic E-state index is -1.62. The van der Waals surface area contributed by atoms with Gasteiger partial charge in [-0.1, -0.05) is 11.3 Å². The van der Waals surface area contributed by atoms with Crippen LogP contribution in [0.15, 0.2) is 18.5 Å². The van der Waals surface area contributed by atoms with Crippen molar-refractivity contribution >= 4 is 22.2 Å². The minimum Gasteiger partial charge on any atom is -0.339 e. The third-order valence-corrected chi connectivity index (χ3v) is 5.37. The maximum Gasteiger partial charge on any atom is 0.256 e. The Bertz CT molecular complexity index is 919. The number of hydrogen-bond donors (Lipinski definition) is 0. The Labute approximate surface area is 143 Å². The van der Waals surface area contributed by atoms with E-state index >= 15 is 0 Å². The van der Waals surface area contributed by atoms with Crippen molar-refractivity contribution in [2.24, 2.45) is 0 Å². The standard InChI is InChI=1S/C15H12F3N5OS/c16-10-2-1-9(11(17)12(10)18)14(24)22-5-3-8(4-6-22)13-21-23-7-19-20-15(23)25-13/h1-2,7-8H,3-6H2. The fourth-order valence-electron chi connectivity index (χ4n) is 2.93. The van der Waals surface area contributed by atoms with Crippen LogP contribution in [0.2, 0.25) is 0 Å². The number of piperidine rings is 1. The number of halogens is 3. The van der Waals surface area contributed by atoms with E-state index in [0.717, 1.165) is 17.1 Å². The fraction of sp³-hybridized carbons (Fsp3) is 0.333. The second-order valence-electron chi connectivity index (χ2n) is 5.79. The number of rotatable bonds is 2. The number of carbonyl (C=O) groups is 1. The van der Waals surface area contributed by atoms with Gasteiger partial charge in [0.15, 0.2) is 17.5 Å². The number of amides is 1. The lowest BCUT2D eigenvalue weighted by molar-refractivity contribution is 0.0706. The second-order valence-corrected chi connectivity index (χ2v) is 6.78. The van der Waals surface area contributed by atoms with Crippen molar-refractivity contribution in [1.29, 1.82) is 0 Å². The summed E-state index contributed by atoms with van der Waals surface area (Å²) >= 11 is 1.45. The number of benzene rings is 1. The highest BCUT2D eigenvalue weighted by Crippen LogP contribution is 2.31. The molecule has 3 aromatic rings. The van der Waals surface area contributed by atoms with Crippen molar-refractivity contribution in [3.63, 3.8) is 0 Å². The van der Waals surface area contributed by atoms with Gasteiger partial charge in [-0.25, -0.2) is 13.2 Å². The van der Waals surface area contributed by atoms with Gasteiger partial charge in [-0.15, -0.1) is 10.2 Å². The van der Waals surface area contributed by atoms with Crippen molar-refractivity contribution in [3.05, 3.63) is 46.5 Å². The lowest BCUT2D eigenvalue weighted by Crippen LogP contribution is -2.38. The first-order chi connectivity index (χ1) is 12.0. The summed E-state index contributed by atoms with van der Waals surface area (Å²) < 4.78 is 41.8. The van der Waals surface area contributed by atoms with Gasteiger partial charge in [0.25, 0.3) is 5.91 Å². The summed E-state index contributed by atoms with van der Waals surface area (Å²) in [5, 5.41) is 13.0. The third-order valence-electron chi connectivity index (χ3n) is 4.30. The van der Waals surface area contributed by atoms with Crippen LogP contribution in [-0.2, 0) is 0 Å². The van der Waals surface area contributed by atoms with E-state index in [4.69, 9.17) is 0 Å². The summed E-state index contributed by atoms with van der Waals surface area (Å²) in [6, 6.07) is 1.74. The van der Waals surface area contributed by atoms with Crippen LogP contribution in [0.3, 0.4) is 0 Å². The molecule has 0 atom stereocenters. The topological polar surface area (TPSA) is 63.4 Å². The molecule has 0 unspecified atom stereocenters. The van der Waals surface area contributed by atoms with Crippen molar-refractivity contribution < 1.29 is 18.0 Å². The predicted molar refractivity (Wildman–Crippen MR) is 82.9 cm³/mol. The SMILES string of the molecule is O=C(c1ccc(F)c(F)c1F)N1CCC(c2nn3cnnc3s2)CC1. The maximum atomic E-state index is 13.8. The summed E-state index contributed by atoms with van der Waals surface area (Å²) in [5.74, 6) is -4.84. The third kappa shape index (κ3) is 2.76. The van der Waals surface area contributed by atoms with Gasteiger partial charge < -0.3 is 4.90 Å². The minimum absolute atomic E-state index is 0.172. The van der Waals surface area contributed by atoms with Crippen LogP contribution in [0.25, 0.3) is 4.96 Å². The van der Waals surface area contributed by atoms with E-state index in [9.17, 15) is 18.0 Å². The Morgan fingerprint density at radius 2 is 1.92 bits per heavy atom. The molecular weight excluding hydrogens is 355 g/mol. The highest BCUT2D eigenvalue weighted by Gasteiger charge is 2.29. The summed E-state index contributed by atoms with van der Waals surface area (Å²) in [4.78, 5) is 14.5. The highest BCUT2D eigenvalue weighted by atomic mass is 32.1. The van der Waals surface area contributed by atoms with Crippen LogP contribution in [0.5, 0.6) is 0 Å². The number of aromatic nitrogens is 4. The van der Waals surface area contributed by atoms with E-state index in [0.29, 0.717) is 30.9 Å². The van der Waals surface area contributed by atoms with E-state index < -0.39 is 28.9 Å². The van der Waals surface area contributed by atoms with Crippen molar-refractivity contribution in [2.45, 2.75) is 18.8 Å². The number of fused-ring (bicyclic) bond motifs is 1. The average Bonchev–Trinajstić information content (AvgIpc) is 3.21. The fourth-order valence-corrected chi connectivity index (χ4v) is 3.92. The van der Waals surface area contributed by atoms with Crippen LogP contribution in [0, 0.1) is 17.5 Å². The zero-order chi connectivity index (χ0) is 17.6. The molecule has 0 saturated carbocycles. The smallest absolute Gasteiger partial charge is 0.256 e. The van der Waals surface area contributed by atoms with Gasteiger partial charge in [-0.3, -0.25) is 4.79 Å². The Balaban J connectivity index is 1.47. The molecule has 130 valence electrons. The lowest BCUT2D eigenvalue weighted by atomic mass is 9.97. The van der Waals surface area contributed by atoms with Crippen LogP contribution in [0.1, 0.15) is 34.1 Å². The van der Waals surface area contributed by atoms with Crippen LogP contribution in [0.4, 0.5) is 13.2 Å². The summed E-state index contributed by atoms with van der Waals surface area (Å²) in [5.41, 5.74) is -0.448. The molecule has 1 fully saturated rings. The molecule has 1 aromatic carbocycles. The van der Waals surface area contributed by atoms with E-state index in [1.54, 1.807) is 4.52 Å². The summed E-state index contributed by atoms with van der Waals surface area (Å²) in [6.07, 6.45) is 2.84. The number of hydrogen-bond acceptors (Lipinski definition) is 5. The molecule has 0 N–H and O–H groups in total. The molecule has 1 aliphatic heterocycles. The molecule has 10 heteroatoms. The summed E-state index contributed by atoms with van der Waals surface area (Å²) in [7, 11) is 0.